The Labute approximate surface area is 192 Å². The molecule has 0 saturated heterocycles. The molecule has 32 heavy (non-hydrogen) atoms. The minimum atomic E-state index is -1.41. The predicted molar refractivity (Wildman–Crippen MR) is 122 cm³/mol. The van der Waals surface area contributed by atoms with E-state index in [-0.39, 0.29) is 18.1 Å². The zero-order valence-corrected chi connectivity index (χ0v) is 19.0. The molecule has 0 heterocycles. The summed E-state index contributed by atoms with van der Waals surface area (Å²) in [6.45, 7) is 3.04. The van der Waals surface area contributed by atoms with Crippen LogP contribution in [0.15, 0.2) is 30.3 Å². The van der Waals surface area contributed by atoms with Crippen LogP contribution in [0.25, 0.3) is 0 Å². The van der Waals surface area contributed by atoms with Gasteiger partial charge in [0.05, 0.1) is 12.6 Å². The number of carboxylic acid groups (broad SMARTS) is 1. The number of carbonyl (C=O) groups excluding carboxylic acids is 3. The molecule has 0 spiro atoms. The third-order valence-electron chi connectivity index (χ3n) is 4.59. The van der Waals surface area contributed by atoms with Crippen LogP contribution in [0.3, 0.4) is 0 Å². The van der Waals surface area contributed by atoms with Crippen LogP contribution in [-0.4, -0.2) is 70.4 Å². The van der Waals surface area contributed by atoms with Crippen LogP contribution >= 0.6 is 12.6 Å². The number of nitrogens with one attached hydrogen (secondary N) is 3. The van der Waals surface area contributed by atoms with E-state index in [1.54, 1.807) is 30.3 Å². The molecule has 1 aromatic carbocycles. The van der Waals surface area contributed by atoms with Crippen LogP contribution in [0.5, 0.6) is 0 Å². The third-order valence-corrected chi connectivity index (χ3v) is 4.96. The molecule has 11 heteroatoms. The van der Waals surface area contributed by atoms with Crippen molar-refractivity contribution in [3.63, 3.8) is 0 Å². The van der Waals surface area contributed by atoms with Crippen LogP contribution in [0.1, 0.15) is 25.8 Å². The number of nitrogens with two attached hydrogens (primary N) is 1. The van der Waals surface area contributed by atoms with Crippen molar-refractivity contribution >= 4 is 36.3 Å². The van der Waals surface area contributed by atoms with Gasteiger partial charge in [-0.15, -0.1) is 0 Å². The summed E-state index contributed by atoms with van der Waals surface area (Å²) in [5.41, 5.74) is 6.51. The van der Waals surface area contributed by atoms with Crippen molar-refractivity contribution in [1.29, 1.82) is 0 Å². The first-order valence-corrected chi connectivity index (χ1v) is 10.9. The normalized spacial score (nSPS) is 14.7. The van der Waals surface area contributed by atoms with E-state index in [1.807, 2.05) is 13.8 Å². The van der Waals surface area contributed by atoms with E-state index in [0.29, 0.717) is 12.0 Å². The lowest BCUT2D eigenvalue weighted by atomic mass is 10.0. The summed E-state index contributed by atoms with van der Waals surface area (Å²) in [4.78, 5) is 48.8. The number of aliphatic hydroxyl groups excluding tert-OH is 1. The molecule has 0 aliphatic heterocycles. The van der Waals surface area contributed by atoms with Gasteiger partial charge in [0.2, 0.25) is 17.7 Å². The van der Waals surface area contributed by atoms with Crippen LogP contribution in [0.2, 0.25) is 0 Å². The fourth-order valence-electron chi connectivity index (χ4n) is 2.88. The molecule has 0 aliphatic carbocycles. The Balaban J connectivity index is 2.75. The van der Waals surface area contributed by atoms with Gasteiger partial charge in [-0.2, -0.15) is 12.6 Å². The minimum absolute atomic E-state index is 0.0249. The number of benzene rings is 1. The maximum Gasteiger partial charge on any atom is 0.326 e. The maximum atomic E-state index is 12.5. The number of carbonyl (C=O) groups is 4. The molecule has 1 aromatic rings. The SMILES string of the molecule is CC(C)CC(N)C(=O)NC(CS)C(=O)NC(CO)C(=O)NC(Cc1ccccc1)C(=O)O. The number of hydrogen-bond acceptors (Lipinski definition) is 7. The molecule has 1 rings (SSSR count). The van der Waals surface area contributed by atoms with Gasteiger partial charge < -0.3 is 31.9 Å². The van der Waals surface area contributed by atoms with Gasteiger partial charge in [-0.1, -0.05) is 44.2 Å². The first-order chi connectivity index (χ1) is 15.1. The van der Waals surface area contributed by atoms with Gasteiger partial charge in [-0.3, -0.25) is 14.4 Å². The van der Waals surface area contributed by atoms with Crippen molar-refractivity contribution in [3.05, 3.63) is 35.9 Å². The Bertz CT molecular complexity index is 777. The molecule has 0 aromatic heterocycles. The molecule has 0 bridgehead atoms. The molecule has 0 fully saturated rings. The van der Waals surface area contributed by atoms with E-state index in [9.17, 15) is 29.4 Å². The zero-order valence-electron chi connectivity index (χ0n) is 18.2. The molecule has 4 unspecified atom stereocenters. The quantitative estimate of drug-likeness (QED) is 0.183. The van der Waals surface area contributed by atoms with Crippen molar-refractivity contribution in [2.45, 2.75) is 50.9 Å². The number of amides is 3. The first kappa shape index (κ1) is 27.4. The molecule has 3 amide bonds. The second-order valence-corrected chi connectivity index (χ2v) is 8.18. The van der Waals surface area contributed by atoms with Gasteiger partial charge >= 0.3 is 5.97 Å². The van der Waals surface area contributed by atoms with E-state index >= 15 is 0 Å². The van der Waals surface area contributed by atoms with Crippen molar-refractivity contribution in [3.8, 4) is 0 Å². The van der Waals surface area contributed by atoms with Gasteiger partial charge in [0.1, 0.15) is 18.1 Å². The smallest absolute Gasteiger partial charge is 0.326 e. The fraction of sp³-hybridized carbons (Fsp3) is 0.524. The van der Waals surface area contributed by atoms with Crippen molar-refractivity contribution in [2.24, 2.45) is 11.7 Å². The summed E-state index contributed by atoms with van der Waals surface area (Å²) in [5, 5.41) is 26.1. The highest BCUT2D eigenvalue weighted by Crippen LogP contribution is 2.05. The molecule has 0 radical (unpaired) electrons. The van der Waals surface area contributed by atoms with E-state index in [2.05, 4.69) is 28.6 Å². The highest BCUT2D eigenvalue weighted by molar-refractivity contribution is 7.80. The Hall–Kier alpha value is -2.63. The first-order valence-electron chi connectivity index (χ1n) is 10.2. The van der Waals surface area contributed by atoms with Crippen LogP contribution in [-0.2, 0) is 25.6 Å². The summed E-state index contributed by atoms with van der Waals surface area (Å²) in [6.07, 6.45) is 0.448. The van der Waals surface area contributed by atoms with Crippen LogP contribution in [0, 0.1) is 5.92 Å². The predicted octanol–water partition coefficient (Wildman–Crippen LogP) is -0.936. The molecule has 178 valence electrons. The van der Waals surface area contributed by atoms with Crippen LogP contribution < -0.4 is 21.7 Å². The standard InChI is InChI=1S/C21H32N4O6S/c1-12(2)8-14(22)18(27)25-17(11-32)20(29)24-16(10-26)19(28)23-15(21(30)31)9-13-6-4-3-5-7-13/h3-7,12,14-17,26,32H,8-11,22H2,1-2H3,(H,23,28)(H,24,29)(H,25,27)(H,30,31). The molecular formula is C21H32N4O6S. The van der Waals surface area contributed by atoms with Crippen molar-refractivity contribution < 1.29 is 29.4 Å². The lowest BCUT2D eigenvalue weighted by molar-refractivity contribution is -0.142. The van der Waals surface area contributed by atoms with Crippen molar-refractivity contribution in [2.75, 3.05) is 12.4 Å². The average molecular weight is 469 g/mol. The maximum absolute atomic E-state index is 12.5. The van der Waals surface area contributed by atoms with Gasteiger partial charge in [0.25, 0.3) is 0 Å². The van der Waals surface area contributed by atoms with Crippen LogP contribution in [0.4, 0.5) is 0 Å². The Morgan fingerprint density at radius 3 is 1.97 bits per heavy atom. The van der Waals surface area contributed by atoms with Crippen molar-refractivity contribution in [1.82, 2.24) is 16.0 Å². The number of thiol groups is 1. The molecule has 7 N–H and O–H groups in total. The van der Waals surface area contributed by atoms with E-state index < -0.39 is 54.5 Å². The number of aliphatic carboxylic acids is 1. The van der Waals surface area contributed by atoms with Gasteiger partial charge in [-0.05, 0) is 17.9 Å². The largest absolute Gasteiger partial charge is 0.480 e. The summed E-state index contributed by atoms with van der Waals surface area (Å²) in [7, 11) is 0. The number of carboxylic acids is 1. The molecular weight excluding hydrogens is 436 g/mol. The Morgan fingerprint density at radius 1 is 0.938 bits per heavy atom. The molecule has 10 nitrogen and oxygen atoms in total. The van der Waals surface area contributed by atoms with E-state index in [4.69, 9.17) is 5.73 Å². The topological polar surface area (TPSA) is 171 Å². The Kier molecular flexibility index (Phi) is 11.7. The fourth-order valence-corrected chi connectivity index (χ4v) is 3.13. The summed E-state index contributed by atoms with van der Waals surface area (Å²) in [6, 6.07) is 4.13. The third kappa shape index (κ3) is 9.25. The summed E-state index contributed by atoms with van der Waals surface area (Å²) >= 11 is 4.05. The van der Waals surface area contributed by atoms with Gasteiger partial charge in [-0.25, -0.2) is 4.79 Å². The summed E-state index contributed by atoms with van der Waals surface area (Å²) < 4.78 is 0. The monoisotopic (exact) mass is 468 g/mol. The molecule has 4 atom stereocenters. The summed E-state index contributed by atoms with van der Waals surface area (Å²) in [5.74, 6) is -3.31. The van der Waals surface area contributed by atoms with E-state index in [0.717, 1.165) is 0 Å². The number of rotatable bonds is 13. The minimum Gasteiger partial charge on any atom is -0.480 e. The highest BCUT2D eigenvalue weighted by atomic mass is 32.1. The Morgan fingerprint density at radius 2 is 1.47 bits per heavy atom. The number of aliphatic hydroxyl groups is 1. The average Bonchev–Trinajstić information content (AvgIpc) is 2.74. The lowest BCUT2D eigenvalue weighted by Crippen LogP contribution is -2.58. The highest BCUT2D eigenvalue weighted by Gasteiger charge is 2.29. The second-order valence-electron chi connectivity index (χ2n) is 7.81. The van der Waals surface area contributed by atoms with E-state index in [1.165, 1.54) is 0 Å². The molecule has 0 saturated carbocycles. The lowest BCUT2D eigenvalue weighted by Gasteiger charge is -2.24. The van der Waals surface area contributed by atoms with Gasteiger partial charge in [0.15, 0.2) is 0 Å². The number of hydrogen-bond donors (Lipinski definition) is 7. The zero-order chi connectivity index (χ0) is 24.3. The van der Waals surface area contributed by atoms with Gasteiger partial charge in [0, 0.05) is 12.2 Å². The molecule has 0 aliphatic rings. The second kappa shape index (κ2) is 13.7.